The number of hydrogen-bond donors (Lipinski definition) is 0. The van der Waals surface area contributed by atoms with Gasteiger partial charge in [-0.15, -0.1) is 0 Å². The maximum atomic E-state index is 11.8. The van der Waals surface area contributed by atoms with Crippen LogP contribution in [0.3, 0.4) is 0 Å². The standard InChI is InChI=1S/C10H12F2OS/c1-14-7-6-8-2-4-9(5-3-8)13-10(11)12/h2-5,10H,6-7H2,1H3. The lowest BCUT2D eigenvalue weighted by atomic mass is 10.2. The molecule has 0 unspecified atom stereocenters. The Labute approximate surface area is 86.5 Å². The first-order chi connectivity index (χ1) is 6.72. The molecule has 0 atom stereocenters. The van der Waals surface area contributed by atoms with Crippen molar-refractivity contribution in [3.05, 3.63) is 29.8 Å². The molecule has 1 nitrogen and oxygen atoms in total. The molecule has 0 saturated carbocycles. The number of aryl methyl sites for hydroxylation is 1. The van der Waals surface area contributed by atoms with Gasteiger partial charge in [-0.1, -0.05) is 12.1 Å². The molecule has 1 rings (SSSR count). The first kappa shape index (κ1) is 11.3. The summed E-state index contributed by atoms with van der Waals surface area (Å²) in [4.78, 5) is 0. The van der Waals surface area contributed by atoms with Gasteiger partial charge in [0.05, 0.1) is 0 Å². The third kappa shape index (κ3) is 3.96. The molecule has 0 aliphatic rings. The molecule has 0 bridgehead atoms. The van der Waals surface area contributed by atoms with Gasteiger partial charge in [-0.2, -0.15) is 20.5 Å². The van der Waals surface area contributed by atoms with Crippen LogP contribution in [0.1, 0.15) is 5.56 Å². The lowest BCUT2D eigenvalue weighted by molar-refractivity contribution is -0.0498. The summed E-state index contributed by atoms with van der Waals surface area (Å²) in [5, 5.41) is 0. The van der Waals surface area contributed by atoms with E-state index in [9.17, 15) is 8.78 Å². The first-order valence-electron chi connectivity index (χ1n) is 4.25. The molecule has 4 heteroatoms. The predicted molar refractivity (Wildman–Crippen MR) is 55.2 cm³/mol. The van der Waals surface area contributed by atoms with Crippen molar-refractivity contribution in [3.8, 4) is 5.75 Å². The average molecular weight is 218 g/mol. The average Bonchev–Trinajstić information content (AvgIpc) is 2.16. The summed E-state index contributed by atoms with van der Waals surface area (Å²) in [5.74, 6) is 1.25. The molecule has 0 aromatic heterocycles. The molecule has 0 aliphatic carbocycles. The summed E-state index contributed by atoms with van der Waals surface area (Å²) in [6.45, 7) is -2.74. The summed E-state index contributed by atoms with van der Waals surface area (Å²) in [6.07, 6.45) is 2.99. The minimum atomic E-state index is -2.74. The van der Waals surface area contributed by atoms with E-state index in [1.807, 2.05) is 18.4 Å². The van der Waals surface area contributed by atoms with Crippen molar-refractivity contribution in [1.82, 2.24) is 0 Å². The lowest BCUT2D eigenvalue weighted by Crippen LogP contribution is -2.01. The molecule has 14 heavy (non-hydrogen) atoms. The van der Waals surface area contributed by atoms with Gasteiger partial charge in [0.1, 0.15) is 5.75 Å². The number of benzene rings is 1. The van der Waals surface area contributed by atoms with Gasteiger partial charge in [0.2, 0.25) is 0 Å². The summed E-state index contributed by atoms with van der Waals surface area (Å²) in [7, 11) is 0. The van der Waals surface area contributed by atoms with Crippen molar-refractivity contribution in [3.63, 3.8) is 0 Å². The lowest BCUT2D eigenvalue weighted by Gasteiger charge is -2.05. The van der Waals surface area contributed by atoms with Crippen LogP contribution in [0.25, 0.3) is 0 Å². The molecule has 1 aromatic carbocycles. The molecule has 0 N–H and O–H groups in total. The minimum absolute atomic E-state index is 0.216. The molecule has 0 saturated heterocycles. The van der Waals surface area contributed by atoms with E-state index in [0.717, 1.165) is 17.7 Å². The van der Waals surface area contributed by atoms with Gasteiger partial charge in [0.25, 0.3) is 0 Å². The van der Waals surface area contributed by atoms with Crippen LogP contribution in [-0.4, -0.2) is 18.6 Å². The van der Waals surface area contributed by atoms with Gasteiger partial charge in [-0.3, -0.25) is 0 Å². The first-order valence-corrected chi connectivity index (χ1v) is 5.64. The maximum absolute atomic E-state index is 11.8. The molecule has 1 aromatic rings. The van der Waals surface area contributed by atoms with Crippen molar-refractivity contribution < 1.29 is 13.5 Å². The largest absolute Gasteiger partial charge is 0.435 e. The molecule has 0 aliphatic heterocycles. The highest BCUT2D eigenvalue weighted by Gasteiger charge is 2.03. The van der Waals surface area contributed by atoms with Gasteiger partial charge in [0, 0.05) is 0 Å². The minimum Gasteiger partial charge on any atom is -0.435 e. The van der Waals surface area contributed by atoms with Gasteiger partial charge in [-0.05, 0) is 36.1 Å². The Kier molecular flexibility index (Phi) is 4.73. The fourth-order valence-corrected chi connectivity index (χ4v) is 1.50. The summed E-state index contributed by atoms with van der Waals surface area (Å²) in [5.41, 5.74) is 1.14. The molecule has 0 spiro atoms. The summed E-state index contributed by atoms with van der Waals surface area (Å²) in [6, 6.07) is 6.77. The van der Waals surface area contributed by atoms with E-state index < -0.39 is 6.61 Å². The highest BCUT2D eigenvalue weighted by atomic mass is 32.2. The summed E-state index contributed by atoms with van der Waals surface area (Å²) < 4.78 is 27.8. The molecule has 0 radical (unpaired) electrons. The number of ether oxygens (including phenoxy) is 1. The predicted octanol–water partition coefficient (Wildman–Crippen LogP) is 3.19. The van der Waals surface area contributed by atoms with Gasteiger partial charge in [0.15, 0.2) is 0 Å². The molecule has 0 heterocycles. The quantitative estimate of drug-likeness (QED) is 0.750. The van der Waals surface area contributed by atoms with Crippen LogP contribution in [0, 0.1) is 0 Å². The third-order valence-corrected chi connectivity index (χ3v) is 2.36. The highest BCUT2D eigenvalue weighted by molar-refractivity contribution is 7.98. The fourth-order valence-electron chi connectivity index (χ4n) is 1.06. The number of alkyl halides is 2. The zero-order valence-corrected chi connectivity index (χ0v) is 8.69. The normalized spacial score (nSPS) is 10.6. The molecular weight excluding hydrogens is 206 g/mol. The zero-order valence-electron chi connectivity index (χ0n) is 7.87. The van der Waals surface area contributed by atoms with E-state index in [0.29, 0.717) is 0 Å². The van der Waals surface area contributed by atoms with Crippen LogP contribution in [0.4, 0.5) is 8.78 Å². The summed E-state index contributed by atoms with van der Waals surface area (Å²) >= 11 is 1.76. The number of halogens is 2. The second-order valence-corrected chi connectivity index (χ2v) is 3.75. The Morgan fingerprint density at radius 1 is 1.29 bits per heavy atom. The third-order valence-electron chi connectivity index (χ3n) is 1.74. The van der Waals surface area contributed by atoms with Gasteiger partial charge < -0.3 is 4.74 Å². The van der Waals surface area contributed by atoms with E-state index in [1.165, 1.54) is 0 Å². The molecule has 0 fully saturated rings. The van der Waals surface area contributed by atoms with Crippen molar-refractivity contribution in [1.29, 1.82) is 0 Å². The second kappa shape index (κ2) is 5.86. The van der Waals surface area contributed by atoms with Gasteiger partial charge in [-0.25, -0.2) is 0 Å². The smallest absolute Gasteiger partial charge is 0.387 e. The molecular formula is C10H12F2OS. The molecule has 0 amide bonds. The fraction of sp³-hybridized carbons (Fsp3) is 0.400. The second-order valence-electron chi connectivity index (χ2n) is 2.77. The van der Waals surface area contributed by atoms with Crippen molar-refractivity contribution >= 4 is 11.8 Å². The van der Waals surface area contributed by atoms with E-state index in [1.54, 1.807) is 23.9 Å². The van der Waals surface area contributed by atoms with E-state index >= 15 is 0 Å². The van der Waals surface area contributed by atoms with Crippen molar-refractivity contribution in [2.24, 2.45) is 0 Å². The van der Waals surface area contributed by atoms with Crippen LogP contribution in [0.2, 0.25) is 0 Å². The van der Waals surface area contributed by atoms with E-state index in [4.69, 9.17) is 0 Å². The maximum Gasteiger partial charge on any atom is 0.387 e. The van der Waals surface area contributed by atoms with E-state index in [2.05, 4.69) is 4.74 Å². The SMILES string of the molecule is CSCCc1ccc(OC(F)F)cc1. The van der Waals surface area contributed by atoms with Gasteiger partial charge >= 0.3 is 6.61 Å². The number of hydrogen-bond acceptors (Lipinski definition) is 2. The van der Waals surface area contributed by atoms with Crippen LogP contribution in [0.15, 0.2) is 24.3 Å². The van der Waals surface area contributed by atoms with Crippen LogP contribution in [-0.2, 0) is 6.42 Å². The van der Waals surface area contributed by atoms with Crippen LogP contribution < -0.4 is 4.74 Å². The van der Waals surface area contributed by atoms with E-state index in [-0.39, 0.29) is 5.75 Å². The Balaban J connectivity index is 2.50. The van der Waals surface area contributed by atoms with Crippen LogP contribution in [0.5, 0.6) is 5.75 Å². The zero-order chi connectivity index (χ0) is 10.4. The monoisotopic (exact) mass is 218 g/mol. The van der Waals surface area contributed by atoms with Crippen molar-refractivity contribution in [2.45, 2.75) is 13.0 Å². The van der Waals surface area contributed by atoms with Crippen LogP contribution >= 0.6 is 11.8 Å². The van der Waals surface area contributed by atoms with Crippen molar-refractivity contribution in [2.75, 3.05) is 12.0 Å². The Morgan fingerprint density at radius 3 is 2.43 bits per heavy atom. The Bertz CT molecular complexity index is 261. The highest BCUT2D eigenvalue weighted by Crippen LogP contribution is 2.15. The number of rotatable bonds is 5. The Morgan fingerprint density at radius 2 is 1.93 bits per heavy atom. The molecule has 78 valence electrons. The number of thioether (sulfide) groups is 1. The Hall–Kier alpha value is -0.770. The topological polar surface area (TPSA) is 9.23 Å².